The smallest absolute Gasteiger partial charge is 0.419 e. The van der Waals surface area contributed by atoms with Crippen LogP contribution in [-0.2, 0) is 10.7 Å². The molecule has 0 heterocycles. The van der Waals surface area contributed by atoms with E-state index in [1.165, 1.54) is 33.8 Å². The van der Waals surface area contributed by atoms with Crippen LogP contribution in [0.4, 0.5) is 13.2 Å². The molecule has 0 bridgehead atoms. The quantitative estimate of drug-likeness (QED) is 0.400. The first-order chi connectivity index (χ1) is 12.8. The predicted molar refractivity (Wildman–Crippen MR) is 106 cm³/mol. The number of benzene rings is 1. The SMILES string of the molecule is CCCCCCCOc1ccc(/C=C/C(N)(CO)CO[PH3+])cc1C(F)(F)F. The zero-order chi connectivity index (χ0) is 20.3. The fourth-order valence-electron chi connectivity index (χ4n) is 2.49. The molecule has 154 valence electrons. The topological polar surface area (TPSA) is 64.7 Å². The number of hydrogen-bond donors (Lipinski definition) is 2. The van der Waals surface area contributed by atoms with E-state index in [2.05, 4.69) is 6.92 Å². The average molecular weight is 408 g/mol. The summed E-state index contributed by atoms with van der Waals surface area (Å²) in [4.78, 5) is 0. The van der Waals surface area contributed by atoms with Crippen LogP contribution in [0.25, 0.3) is 6.08 Å². The summed E-state index contributed by atoms with van der Waals surface area (Å²) in [5.74, 6) is -0.172. The number of aliphatic hydroxyl groups is 1. The minimum Gasteiger partial charge on any atom is -0.493 e. The fourth-order valence-corrected chi connectivity index (χ4v) is 2.87. The van der Waals surface area contributed by atoms with Crippen LogP contribution < -0.4 is 10.5 Å². The second kappa shape index (κ2) is 11.6. The standard InChI is InChI=1S/C19H30F3NO3P/c1-2-3-4-5-6-11-25-17-8-7-15(12-16(17)19(20,21)22)9-10-18(23,13-24)14-26-27/h7-10,12,24H,2-6,11,13-14,23H2,1,27H3/q+1/b10-9+. The van der Waals surface area contributed by atoms with Crippen molar-refractivity contribution in [2.75, 3.05) is 19.8 Å². The van der Waals surface area contributed by atoms with Crippen molar-refractivity contribution in [2.24, 2.45) is 5.73 Å². The Hall–Kier alpha value is -1.14. The number of ether oxygens (including phenoxy) is 1. The van der Waals surface area contributed by atoms with Crippen LogP contribution in [0, 0.1) is 0 Å². The molecule has 0 fully saturated rings. The van der Waals surface area contributed by atoms with Crippen molar-refractivity contribution in [2.45, 2.75) is 50.7 Å². The summed E-state index contributed by atoms with van der Waals surface area (Å²) in [6.45, 7) is 2.04. The van der Waals surface area contributed by atoms with Crippen LogP contribution in [0.15, 0.2) is 24.3 Å². The van der Waals surface area contributed by atoms with E-state index in [0.717, 1.165) is 38.2 Å². The molecule has 0 aliphatic rings. The summed E-state index contributed by atoms with van der Waals surface area (Å²) < 4.78 is 50.5. The minimum absolute atomic E-state index is 0.0593. The Balaban J connectivity index is 2.87. The van der Waals surface area contributed by atoms with Crippen LogP contribution in [0.3, 0.4) is 0 Å². The Kier molecular flexibility index (Phi) is 10.3. The molecule has 2 atom stereocenters. The predicted octanol–water partition coefficient (Wildman–Crippen LogP) is 4.30. The first kappa shape index (κ1) is 23.9. The zero-order valence-corrected chi connectivity index (χ0v) is 17.1. The molecular weight excluding hydrogens is 378 g/mol. The van der Waals surface area contributed by atoms with Gasteiger partial charge in [-0.2, -0.15) is 13.2 Å². The summed E-state index contributed by atoms with van der Waals surface area (Å²) >= 11 is 0. The highest BCUT2D eigenvalue weighted by Crippen LogP contribution is 2.37. The second-order valence-electron chi connectivity index (χ2n) is 6.59. The molecule has 0 saturated heterocycles. The lowest BCUT2D eigenvalue weighted by Crippen LogP contribution is -2.45. The molecule has 0 aromatic heterocycles. The lowest BCUT2D eigenvalue weighted by atomic mass is 10.0. The van der Waals surface area contributed by atoms with Crippen molar-refractivity contribution in [1.82, 2.24) is 0 Å². The number of unbranched alkanes of at least 4 members (excludes halogenated alkanes) is 4. The Labute approximate surface area is 161 Å². The average Bonchev–Trinajstić information content (AvgIpc) is 2.63. The Morgan fingerprint density at radius 3 is 2.48 bits per heavy atom. The molecule has 0 saturated carbocycles. The lowest BCUT2D eigenvalue weighted by Gasteiger charge is -2.20. The van der Waals surface area contributed by atoms with Gasteiger partial charge in [0.15, 0.2) is 0 Å². The lowest BCUT2D eigenvalue weighted by molar-refractivity contribution is -0.139. The summed E-state index contributed by atoms with van der Waals surface area (Å²) in [6, 6.07) is 3.88. The van der Waals surface area contributed by atoms with E-state index in [1.54, 1.807) is 0 Å². The monoisotopic (exact) mass is 408 g/mol. The van der Waals surface area contributed by atoms with Gasteiger partial charge in [0.05, 0.1) is 24.3 Å². The van der Waals surface area contributed by atoms with E-state index in [4.69, 9.17) is 15.0 Å². The van der Waals surface area contributed by atoms with Gasteiger partial charge in [-0.1, -0.05) is 50.8 Å². The molecule has 1 aromatic rings. The van der Waals surface area contributed by atoms with Crippen molar-refractivity contribution >= 4 is 15.5 Å². The molecule has 4 nitrogen and oxygen atoms in total. The highest BCUT2D eigenvalue weighted by molar-refractivity contribution is 7.09. The molecular formula is C19H30F3NO3P+. The molecule has 8 heteroatoms. The first-order valence-electron chi connectivity index (χ1n) is 9.05. The third kappa shape index (κ3) is 8.60. The van der Waals surface area contributed by atoms with Gasteiger partial charge < -0.3 is 15.6 Å². The Morgan fingerprint density at radius 1 is 1.19 bits per heavy atom. The number of nitrogens with two attached hydrogens (primary N) is 1. The molecule has 1 rings (SSSR count). The van der Waals surface area contributed by atoms with E-state index >= 15 is 0 Å². The number of hydrogen-bond acceptors (Lipinski definition) is 4. The highest BCUT2D eigenvalue weighted by Gasteiger charge is 2.34. The zero-order valence-electron chi connectivity index (χ0n) is 15.7. The molecule has 1 aromatic carbocycles. The van der Waals surface area contributed by atoms with Crippen molar-refractivity contribution in [3.05, 3.63) is 35.4 Å². The largest absolute Gasteiger partial charge is 0.493 e. The van der Waals surface area contributed by atoms with E-state index in [-0.39, 0.29) is 25.6 Å². The molecule has 0 radical (unpaired) electrons. The van der Waals surface area contributed by atoms with Crippen molar-refractivity contribution in [3.8, 4) is 5.75 Å². The van der Waals surface area contributed by atoms with Crippen molar-refractivity contribution < 1.29 is 27.5 Å². The minimum atomic E-state index is -4.52. The molecule has 0 spiro atoms. The number of aliphatic hydroxyl groups excluding tert-OH is 1. The van der Waals surface area contributed by atoms with Gasteiger partial charge in [0.1, 0.15) is 21.8 Å². The summed E-state index contributed by atoms with van der Waals surface area (Å²) in [5, 5.41) is 9.34. The first-order valence-corrected chi connectivity index (χ1v) is 9.63. The molecule has 3 N–H and O–H groups in total. The third-order valence-corrected chi connectivity index (χ3v) is 4.29. The number of rotatable bonds is 12. The number of alkyl halides is 3. The van der Waals surface area contributed by atoms with E-state index in [9.17, 15) is 18.3 Å². The third-order valence-electron chi connectivity index (χ3n) is 4.09. The van der Waals surface area contributed by atoms with E-state index < -0.39 is 17.3 Å². The molecule has 0 aliphatic heterocycles. The fraction of sp³-hybridized carbons (Fsp3) is 0.579. The van der Waals surface area contributed by atoms with Gasteiger partial charge in [-0.05, 0) is 24.1 Å². The molecule has 0 amide bonds. The normalized spacial score (nSPS) is 14.6. The Bertz CT molecular complexity index is 596. The van der Waals surface area contributed by atoms with Crippen LogP contribution in [0.5, 0.6) is 5.75 Å². The van der Waals surface area contributed by atoms with Gasteiger partial charge in [-0.25, -0.2) is 4.52 Å². The number of halogens is 3. The van der Waals surface area contributed by atoms with Gasteiger partial charge in [0, 0.05) is 0 Å². The van der Waals surface area contributed by atoms with Gasteiger partial charge in [0.2, 0.25) is 0 Å². The maximum atomic E-state index is 13.4. The molecule has 27 heavy (non-hydrogen) atoms. The van der Waals surface area contributed by atoms with Crippen LogP contribution in [-0.4, -0.2) is 30.5 Å². The van der Waals surface area contributed by atoms with Gasteiger partial charge in [-0.15, -0.1) is 0 Å². The van der Waals surface area contributed by atoms with Crippen molar-refractivity contribution in [1.29, 1.82) is 0 Å². The van der Waals surface area contributed by atoms with E-state index in [0.29, 0.717) is 5.56 Å². The van der Waals surface area contributed by atoms with Gasteiger partial charge >= 0.3 is 6.18 Å². The maximum Gasteiger partial charge on any atom is 0.419 e. The van der Waals surface area contributed by atoms with Crippen molar-refractivity contribution in [3.63, 3.8) is 0 Å². The summed E-state index contributed by atoms with van der Waals surface area (Å²) in [5.41, 5.74) is 4.27. The van der Waals surface area contributed by atoms with E-state index in [1.807, 2.05) is 0 Å². The molecule has 0 aliphatic carbocycles. The Morgan fingerprint density at radius 2 is 1.89 bits per heavy atom. The summed E-state index contributed by atoms with van der Waals surface area (Å²) in [6.07, 6.45) is 3.33. The molecule has 2 unspecified atom stereocenters. The van der Waals surface area contributed by atoms with Gasteiger partial charge in [0.25, 0.3) is 0 Å². The van der Waals surface area contributed by atoms with Crippen LogP contribution in [0.2, 0.25) is 0 Å². The maximum absolute atomic E-state index is 13.4. The highest BCUT2D eigenvalue weighted by atomic mass is 31.0. The second-order valence-corrected chi connectivity index (χ2v) is 7.00. The van der Waals surface area contributed by atoms with Crippen LogP contribution in [0.1, 0.15) is 50.2 Å². The summed E-state index contributed by atoms with van der Waals surface area (Å²) in [7, 11) is 1.24. The van der Waals surface area contributed by atoms with Gasteiger partial charge in [-0.3, -0.25) is 0 Å². The van der Waals surface area contributed by atoms with Crippen LogP contribution >= 0.6 is 9.47 Å².